The number of fused-ring (bicyclic) bond motifs is 2. The highest BCUT2D eigenvalue weighted by molar-refractivity contribution is 5.97. The molecule has 0 heterocycles. The highest BCUT2D eigenvalue weighted by Gasteiger charge is 2.39. The maximum Gasteiger partial charge on any atom is 0.313 e. The van der Waals surface area contributed by atoms with Gasteiger partial charge in [0.05, 0.1) is 7.11 Å². The summed E-state index contributed by atoms with van der Waals surface area (Å²) in [5.41, 5.74) is 0. The number of rotatable bonds is 3. The number of Topliss-reactive ketones (excluding diaryl/α,β-unsaturated/α-hetero) is 1. The lowest BCUT2D eigenvalue weighted by Crippen LogP contribution is -2.22. The van der Waals surface area contributed by atoms with E-state index in [1.54, 1.807) is 0 Å². The quantitative estimate of drug-likeness (QED) is 0.387. The van der Waals surface area contributed by atoms with Crippen LogP contribution in [0.4, 0.5) is 0 Å². The van der Waals surface area contributed by atoms with Gasteiger partial charge in [-0.25, -0.2) is 0 Å². The lowest BCUT2D eigenvalue weighted by molar-refractivity contribution is -0.144. The second kappa shape index (κ2) is 3.56. The first-order valence-electron chi connectivity index (χ1n) is 4.98. The van der Waals surface area contributed by atoms with Crippen molar-refractivity contribution in [2.75, 3.05) is 7.11 Å². The molecule has 14 heavy (non-hydrogen) atoms. The predicted octanol–water partition coefficient (Wildman–Crippen LogP) is 1.33. The molecule has 76 valence electrons. The van der Waals surface area contributed by atoms with Crippen molar-refractivity contribution in [2.45, 2.75) is 19.3 Å². The standard InChI is InChI=1S/C11H14O3/c1-14-11(13)6-10(12)9-5-7-2-3-8(9)4-7/h2-3,7-9H,4-6H2,1H3/t7-,8+,9-/m1/s1. The molecule has 3 nitrogen and oxygen atoms in total. The Morgan fingerprint density at radius 2 is 2.14 bits per heavy atom. The summed E-state index contributed by atoms with van der Waals surface area (Å²) >= 11 is 0. The number of hydrogen-bond donors (Lipinski definition) is 0. The fraction of sp³-hybridized carbons (Fsp3) is 0.636. The smallest absolute Gasteiger partial charge is 0.313 e. The first-order chi connectivity index (χ1) is 6.70. The monoisotopic (exact) mass is 194 g/mol. The number of esters is 1. The van der Waals surface area contributed by atoms with E-state index in [1.807, 2.05) is 0 Å². The molecule has 1 saturated carbocycles. The molecule has 0 radical (unpaired) electrons. The van der Waals surface area contributed by atoms with Crippen LogP contribution in [-0.4, -0.2) is 18.9 Å². The maximum absolute atomic E-state index is 11.7. The third-order valence-electron chi connectivity index (χ3n) is 3.24. The molecular formula is C11H14O3. The van der Waals surface area contributed by atoms with Gasteiger partial charge in [0.1, 0.15) is 12.2 Å². The summed E-state index contributed by atoms with van der Waals surface area (Å²) < 4.78 is 4.48. The van der Waals surface area contributed by atoms with Crippen LogP contribution in [0.3, 0.4) is 0 Å². The van der Waals surface area contributed by atoms with Crippen LogP contribution in [0.25, 0.3) is 0 Å². The first-order valence-corrected chi connectivity index (χ1v) is 4.98. The van der Waals surface area contributed by atoms with Gasteiger partial charge in [-0.05, 0) is 24.7 Å². The van der Waals surface area contributed by atoms with Crippen molar-refractivity contribution in [3.05, 3.63) is 12.2 Å². The summed E-state index contributed by atoms with van der Waals surface area (Å²) in [6.07, 6.45) is 6.27. The van der Waals surface area contributed by atoms with E-state index in [0.29, 0.717) is 11.8 Å². The van der Waals surface area contributed by atoms with Crippen LogP contribution < -0.4 is 0 Å². The Labute approximate surface area is 83.1 Å². The average molecular weight is 194 g/mol. The fourth-order valence-corrected chi connectivity index (χ4v) is 2.50. The zero-order valence-corrected chi connectivity index (χ0v) is 8.23. The Balaban J connectivity index is 1.93. The Hall–Kier alpha value is -1.12. The molecule has 0 N–H and O–H groups in total. The van der Waals surface area contributed by atoms with E-state index >= 15 is 0 Å². The van der Waals surface area contributed by atoms with Crippen LogP contribution in [0, 0.1) is 17.8 Å². The first kappa shape index (κ1) is 9.44. The van der Waals surface area contributed by atoms with Gasteiger partial charge in [0, 0.05) is 5.92 Å². The largest absolute Gasteiger partial charge is 0.469 e. The fourth-order valence-electron chi connectivity index (χ4n) is 2.50. The molecule has 2 aliphatic carbocycles. The van der Waals surface area contributed by atoms with Gasteiger partial charge in [-0.1, -0.05) is 12.2 Å². The van der Waals surface area contributed by atoms with Gasteiger partial charge in [0.2, 0.25) is 0 Å². The molecule has 3 heteroatoms. The number of methoxy groups -OCH3 is 1. The molecule has 0 spiro atoms. The van der Waals surface area contributed by atoms with E-state index in [4.69, 9.17) is 0 Å². The number of ether oxygens (including phenoxy) is 1. The van der Waals surface area contributed by atoms with Crippen molar-refractivity contribution in [1.82, 2.24) is 0 Å². The number of carbonyl (C=O) groups is 2. The molecule has 0 aliphatic heterocycles. The number of hydrogen-bond acceptors (Lipinski definition) is 3. The van der Waals surface area contributed by atoms with Gasteiger partial charge < -0.3 is 4.74 Å². The van der Waals surface area contributed by atoms with Crippen molar-refractivity contribution in [1.29, 1.82) is 0 Å². The van der Waals surface area contributed by atoms with Gasteiger partial charge in [-0.3, -0.25) is 9.59 Å². The highest BCUT2D eigenvalue weighted by Crippen LogP contribution is 2.44. The van der Waals surface area contributed by atoms with Gasteiger partial charge in [-0.15, -0.1) is 0 Å². The normalized spacial score (nSPS) is 33.4. The van der Waals surface area contributed by atoms with Gasteiger partial charge in [0.15, 0.2) is 0 Å². The maximum atomic E-state index is 11.7. The average Bonchev–Trinajstić information content (AvgIpc) is 2.78. The number of carbonyl (C=O) groups excluding carboxylic acids is 2. The van der Waals surface area contributed by atoms with Crippen LogP contribution >= 0.6 is 0 Å². The van der Waals surface area contributed by atoms with Crippen LogP contribution in [0.1, 0.15) is 19.3 Å². The Kier molecular flexibility index (Phi) is 2.40. The number of ketones is 1. The van der Waals surface area contributed by atoms with Gasteiger partial charge in [0.25, 0.3) is 0 Å². The molecule has 3 atom stereocenters. The van der Waals surface area contributed by atoms with Gasteiger partial charge >= 0.3 is 5.97 Å². The molecule has 0 aromatic heterocycles. The van der Waals surface area contributed by atoms with E-state index in [2.05, 4.69) is 16.9 Å². The Bertz CT molecular complexity index is 293. The molecular weight excluding hydrogens is 180 g/mol. The minimum absolute atomic E-state index is 0.0497. The third-order valence-corrected chi connectivity index (χ3v) is 3.24. The molecule has 2 bridgehead atoms. The minimum Gasteiger partial charge on any atom is -0.469 e. The summed E-state index contributed by atoms with van der Waals surface area (Å²) in [4.78, 5) is 22.6. The van der Waals surface area contributed by atoms with Crippen molar-refractivity contribution in [3.8, 4) is 0 Å². The van der Waals surface area contributed by atoms with E-state index in [9.17, 15) is 9.59 Å². The lowest BCUT2D eigenvalue weighted by Gasteiger charge is -2.15. The van der Waals surface area contributed by atoms with Crippen LogP contribution in [0.5, 0.6) is 0 Å². The van der Waals surface area contributed by atoms with Gasteiger partial charge in [-0.2, -0.15) is 0 Å². The molecule has 0 aromatic carbocycles. The topological polar surface area (TPSA) is 43.4 Å². The lowest BCUT2D eigenvalue weighted by atomic mass is 9.88. The Morgan fingerprint density at radius 1 is 1.36 bits per heavy atom. The number of allylic oxidation sites excluding steroid dienone is 2. The second-order valence-electron chi connectivity index (χ2n) is 4.11. The van der Waals surface area contributed by atoms with E-state index in [-0.39, 0.29) is 18.1 Å². The van der Waals surface area contributed by atoms with Crippen LogP contribution in [0.15, 0.2) is 12.2 Å². The predicted molar refractivity (Wildman–Crippen MR) is 50.5 cm³/mol. The molecule has 0 unspecified atom stereocenters. The van der Waals surface area contributed by atoms with Crippen LogP contribution in [-0.2, 0) is 14.3 Å². The van der Waals surface area contributed by atoms with E-state index in [1.165, 1.54) is 7.11 Å². The molecule has 0 amide bonds. The molecule has 0 aromatic rings. The molecule has 0 saturated heterocycles. The molecule has 1 fully saturated rings. The molecule has 2 aliphatic rings. The van der Waals surface area contributed by atoms with E-state index in [0.717, 1.165) is 12.8 Å². The summed E-state index contributed by atoms with van der Waals surface area (Å²) in [6, 6.07) is 0. The van der Waals surface area contributed by atoms with E-state index < -0.39 is 5.97 Å². The third kappa shape index (κ3) is 1.59. The summed E-state index contributed by atoms with van der Waals surface area (Å²) in [7, 11) is 1.32. The zero-order chi connectivity index (χ0) is 10.1. The van der Waals surface area contributed by atoms with Crippen molar-refractivity contribution in [2.24, 2.45) is 17.8 Å². The molecule has 2 rings (SSSR count). The van der Waals surface area contributed by atoms with Crippen molar-refractivity contribution < 1.29 is 14.3 Å². The zero-order valence-electron chi connectivity index (χ0n) is 8.23. The summed E-state index contributed by atoms with van der Waals surface area (Å²) in [6.45, 7) is 0. The van der Waals surface area contributed by atoms with Crippen molar-refractivity contribution in [3.63, 3.8) is 0 Å². The minimum atomic E-state index is -0.415. The van der Waals surface area contributed by atoms with Crippen molar-refractivity contribution >= 4 is 11.8 Å². The highest BCUT2D eigenvalue weighted by atomic mass is 16.5. The second-order valence-corrected chi connectivity index (χ2v) is 4.11. The summed E-state index contributed by atoms with van der Waals surface area (Å²) in [5, 5.41) is 0. The van der Waals surface area contributed by atoms with Crippen LogP contribution in [0.2, 0.25) is 0 Å². The summed E-state index contributed by atoms with van der Waals surface area (Å²) in [5.74, 6) is 0.670. The Morgan fingerprint density at radius 3 is 2.64 bits per heavy atom. The SMILES string of the molecule is COC(=O)CC(=O)[C@@H]1C[C@@H]2C=C[C@H]1C2.